The minimum absolute atomic E-state index is 0.0735. The summed E-state index contributed by atoms with van der Waals surface area (Å²) in [4.78, 5) is 12.2. The first-order chi connectivity index (χ1) is 11.6. The van der Waals surface area contributed by atoms with Gasteiger partial charge in [0.05, 0.1) is 11.9 Å². The van der Waals surface area contributed by atoms with Gasteiger partial charge >= 0.3 is 6.03 Å². The van der Waals surface area contributed by atoms with E-state index >= 15 is 0 Å². The summed E-state index contributed by atoms with van der Waals surface area (Å²) >= 11 is 0. The predicted molar refractivity (Wildman–Crippen MR) is 93.1 cm³/mol. The molecule has 6 heteroatoms. The average molecular weight is 328 g/mol. The lowest BCUT2D eigenvalue weighted by Gasteiger charge is -2.38. The molecular weight excluding hydrogens is 304 g/mol. The Morgan fingerprint density at radius 1 is 1.33 bits per heavy atom. The Balaban J connectivity index is 1.71. The number of carbonyl (C=O) groups excluding carboxylic acids is 1. The number of anilines is 1. The van der Waals surface area contributed by atoms with Crippen LogP contribution in [-0.2, 0) is 17.2 Å². The van der Waals surface area contributed by atoms with Crippen LogP contribution in [0.15, 0.2) is 36.7 Å². The highest BCUT2D eigenvalue weighted by atomic mass is 16.5. The van der Waals surface area contributed by atoms with Gasteiger partial charge in [0.25, 0.3) is 0 Å². The molecule has 24 heavy (non-hydrogen) atoms. The van der Waals surface area contributed by atoms with Crippen LogP contribution in [0.2, 0.25) is 0 Å². The van der Waals surface area contributed by atoms with Gasteiger partial charge in [-0.25, -0.2) is 4.79 Å². The van der Waals surface area contributed by atoms with Crippen molar-refractivity contribution in [2.45, 2.75) is 25.2 Å². The molecule has 0 saturated carbocycles. The third-order valence-corrected chi connectivity index (χ3v) is 4.72. The summed E-state index contributed by atoms with van der Waals surface area (Å²) < 4.78 is 7.21. The van der Waals surface area contributed by atoms with E-state index in [4.69, 9.17) is 4.74 Å². The maximum Gasteiger partial charge on any atom is 0.319 e. The number of aryl methyl sites for hydroxylation is 2. The van der Waals surface area contributed by atoms with Crippen LogP contribution in [0.25, 0.3) is 0 Å². The molecule has 1 aromatic carbocycles. The van der Waals surface area contributed by atoms with Crippen molar-refractivity contribution in [3.05, 3.63) is 47.8 Å². The Kier molecular flexibility index (Phi) is 4.85. The van der Waals surface area contributed by atoms with Gasteiger partial charge in [-0.1, -0.05) is 24.3 Å². The number of hydrogen-bond donors (Lipinski definition) is 2. The van der Waals surface area contributed by atoms with Crippen LogP contribution in [0, 0.1) is 6.92 Å². The van der Waals surface area contributed by atoms with Gasteiger partial charge in [-0.15, -0.1) is 0 Å². The quantitative estimate of drug-likeness (QED) is 0.906. The molecule has 1 aliphatic heterocycles. The van der Waals surface area contributed by atoms with Crippen LogP contribution in [0.1, 0.15) is 24.0 Å². The fraction of sp³-hybridized carbons (Fsp3) is 0.444. The minimum Gasteiger partial charge on any atom is -0.381 e. The number of hydrogen-bond acceptors (Lipinski definition) is 3. The maximum absolute atomic E-state index is 12.2. The van der Waals surface area contributed by atoms with E-state index in [9.17, 15) is 4.79 Å². The Morgan fingerprint density at radius 2 is 2.08 bits per heavy atom. The molecule has 3 rings (SSSR count). The smallest absolute Gasteiger partial charge is 0.319 e. The monoisotopic (exact) mass is 328 g/mol. The summed E-state index contributed by atoms with van der Waals surface area (Å²) in [5.41, 5.74) is 3.17. The molecule has 2 aromatic rings. The van der Waals surface area contributed by atoms with Gasteiger partial charge in [-0.2, -0.15) is 5.10 Å². The lowest BCUT2D eigenvalue weighted by atomic mass is 9.72. The molecule has 0 atom stereocenters. The van der Waals surface area contributed by atoms with Crippen molar-refractivity contribution >= 4 is 11.7 Å². The molecule has 128 valence electrons. The zero-order chi connectivity index (χ0) is 17.0. The van der Waals surface area contributed by atoms with E-state index in [0.29, 0.717) is 12.2 Å². The molecule has 1 saturated heterocycles. The lowest BCUT2D eigenvalue weighted by Crippen LogP contribution is -2.46. The minimum atomic E-state index is -0.206. The van der Waals surface area contributed by atoms with Crippen LogP contribution in [-0.4, -0.2) is 35.6 Å². The molecule has 2 N–H and O–H groups in total. The summed E-state index contributed by atoms with van der Waals surface area (Å²) in [6, 6.07) is 8.20. The van der Waals surface area contributed by atoms with E-state index in [2.05, 4.69) is 40.9 Å². The largest absolute Gasteiger partial charge is 0.381 e. The highest BCUT2D eigenvalue weighted by Crippen LogP contribution is 2.36. The van der Waals surface area contributed by atoms with Crippen molar-refractivity contribution in [3.8, 4) is 0 Å². The first-order valence-corrected chi connectivity index (χ1v) is 8.26. The highest BCUT2D eigenvalue weighted by molar-refractivity contribution is 5.88. The van der Waals surface area contributed by atoms with E-state index in [1.165, 1.54) is 11.1 Å². The van der Waals surface area contributed by atoms with Gasteiger partial charge < -0.3 is 15.4 Å². The molecule has 2 heterocycles. The molecule has 0 bridgehead atoms. The number of nitrogens with zero attached hydrogens (tertiary/aromatic N) is 2. The summed E-state index contributed by atoms with van der Waals surface area (Å²) in [7, 11) is 1.82. The van der Waals surface area contributed by atoms with Crippen molar-refractivity contribution in [1.29, 1.82) is 0 Å². The Morgan fingerprint density at radius 3 is 2.75 bits per heavy atom. The lowest BCUT2D eigenvalue weighted by molar-refractivity contribution is 0.0506. The summed E-state index contributed by atoms with van der Waals surface area (Å²) in [6.45, 7) is 4.16. The zero-order valence-electron chi connectivity index (χ0n) is 14.2. The third kappa shape index (κ3) is 3.59. The van der Waals surface area contributed by atoms with Crippen LogP contribution in [0.4, 0.5) is 10.5 Å². The standard InChI is InChI=1S/C18H24N4O2/c1-14-5-3-4-6-16(14)18(7-9-24-10-8-18)13-19-17(23)21-15-11-20-22(2)12-15/h3-6,11-12H,7-10,13H2,1-2H3,(H2,19,21,23). The molecule has 1 aliphatic rings. The second kappa shape index (κ2) is 7.05. The van der Waals surface area contributed by atoms with Gasteiger partial charge in [0, 0.05) is 38.4 Å². The Bertz CT molecular complexity index is 705. The third-order valence-electron chi connectivity index (χ3n) is 4.72. The number of nitrogens with one attached hydrogen (secondary N) is 2. The SMILES string of the molecule is Cc1ccccc1C1(CNC(=O)Nc2cnn(C)c2)CCOCC1. The fourth-order valence-corrected chi connectivity index (χ4v) is 3.38. The topological polar surface area (TPSA) is 68.2 Å². The predicted octanol–water partition coefficient (Wildman–Crippen LogP) is 2.60. The number of carbonyl (C=O) groups is 1. The van der Waals surface area contributed by atoms with Gasteiger partial charge in [0.15, 0.2) is 0 Å². The Labute approximate surface area is 142 Å². The van der Waals surface area contributed by atoms with Crippen LogP contribution >= 0.6 is 0 Å². The Hall–Kier alpha value is -2.34. The van der Waals surface area contributed by atoms with Crippen LogP contribution < -0.4 is 10.6 Å². The number of rotatable bonds is 4. The van der Waals surface area contributed by atoms with Gasteiger partial charge in [-0.3, -0.25) is 4.68 Å². The maximum atomic E-state index is 12.2. The van der Waals surface area contributed by atoms with Crippen molar-refractivity contribution in [3.63, 3.8) is 0 Å². The molecule has 0 spiro atoms. The summed E-state index contributed by atoms with van der Waals surface area (Å²) in [5.74, 6) is 0. The molecule has 1 fully saturated rings. The van der Waals surface area contributed by atoms with Gasteiger partial charge in [-0.05, 0) is 30.9 Å². The van der Waals surface area contributed by atoms with E-state index in [1.807, 2.05) is 13.1 Å². The second-order valence-electron chi connectivity index (χ2n) is 6.42. The second-order valence-corrected chi connectivity index (χ2v) is 6.42. The van der Waals surface area contributed by atoms with E-state index in [1.54, 1.807) is 17.1 Å². The summed E-state index contributed by atoms with van der Waals surface area (Å²) in [5, 5.41) is 9.91. The van der Waals surface area contributed by atoms with Crippen LogP contribution in [0.5, 0.6) is 0 Å². The van der Waals surface area contributed by atoms with E-state index in [-0.39, 0.29) is 11.4 Å². The normalized spacial score (nSPS) is 16.6. The average Bonchev–Trinajstić information content (AvgIpc) is 2.99. The van der Waals surface area contributed by atoms with E-state index in [0.717, 1.165) is 26.1 Å². The molecule has 0 radical (unpaired) electrons. The molecule has 2 amide bonds. The first-order valence-electron chi connectivity index (χ1n) is 8.26. The first kappa shape index (κ1) is 16.5. The van der Waals surface area contributed by atoms with Crippen molar-refractivity contribution in [2.75, 3.05) is 25.1 Å². The van der Waals surface area contributed by atoms with Gasteiger partial charge in [0.1, 0.15) is 0 Å². The van der Waals surface area contributed by atoms with Crippen LogP contribution in [0.3, 0.4) is 0 Å². The van der Waals surface area contributed by atoms with Crippen molar-refractivity contribution in [2.24, 2.45) is 7.05 Å². The molecule has 6 nitrogen and oxygen atoms in total. The number of benzene rings is 1. The van der Waals surface area contributed by atoms with Gasteiger partial charge in [0.2, 0.25) is 0 Å². The number of aromatic nitrogens is 2. The number of amides is 2. The number of urea groups is 1. The zero-order valence-corrected chi connectivity index (χ0v) is 14.2. The van der Waals surface area contributed by atoms with Crippen molar-refractivity contribution < 1.29 is 9.53 Å². The molecule has 0 unspecified atom stereocenters. The molecular formula is C18H24N4O2. The molecule has 0 aliphatic carbocycles. The van der Waals surface area contributed by atoms with Crippen molar-refractivity contribution in [1.82, 2.24) is 15.1 Å². The van der Waals surface area contributed by atoms with E-state index < -0.39 is 0 Å². The number of ether oxygens (including phenoxy) is 1. The highest BCUT2D eigenvalue weighted by Gasteiger charge is 2.35. The summed E-state index contributed by atoms with van der Waals surface area (Å²) in [6.07, 6.45) is 5.21. The molecule has 1 aromatic heterocycles. The fourth-order valence-electron chi connectivity index (χ4n) is 3.38.